The molecule has 1 rings (SSSR count). The van der Waals surface area contributed by atoms with E-state index in [4.69, 9.17) is 5.73 Å². The second-order valence-corrected chi connectivity index (χ2v) is 6.27. The molecule has 0 aliphatic heterocycles. The average molecular weight is 356 g/mol. The number of halogens is 1. The van der Waals surface area contributed by atoms with Gasteiger partial charge >= 0.3 is 6.03 Å². The Morgan fingerprint density at radius 1 is 1.33 bits per heavy atom. The molecule has 0 aliphatic carbocycles. The number of nitrogens with one attached hydrogen (secondary N) is 2. The Labute approximate surface area is 133 Å². The first-order valence-corrected chi connectivity index (χ1v) is 7.76. The molecule has 0 heterocycles. The lowest BCUT2D eigenvalue weighted by Gasteiger charge is -2.18. The topological polar surface area (TPSA) is 84.2 Å². The number of amides is 3. The third kappa shape index (κ3) is 7.13. The molecule has 6 heteroatoms. The number of hydrogen-bond donors (Lipinski definition) is 3. The smallest absolute Gasteiger partial charge is 0.312 e. The van der Waals surface area contributed by atoms with Crippen molar-refractivity contribution >= 4 is 27.9 Å². The molecule has 1 atom stereocenters. The van der Waals surface area contributed by atoms with Gasteiger partial charge in [-0.05, 0) is 30.0 Å². The van der Waals surface area contributed by atoms with E-state index in [2.05, 4.69) is 40.4 Å². The van der Waals surface area contributed by atoms with Crippen LogP contribution in [0.2, 0.25) is 0 Å². The van der Waals surface area contributed by atoms with Crippen LogP contribution in [0, 0.1) is 5.92 Å². The van der Waals surface area contributed by atoms with E-state index in [1.807, 2.05) is 24.3 Å². The molecule has 1 aromatic rings. The maximum Gasteiger partial charge on any atom is 0.312 e. The molecule has 0 spiro atoms. The largest absolute Gasteiger partial charge is 0.356 e. The zero-order chi connectivity index (χ0) is 15.8. The van der Waals surface area contributed by atoms with Crippen molar-refractivity contribution in [1.82, 2.24) is 10.6 Å². The summed E-state index contributed by atoms with van der Waals surface area (Å²) in [5.41, 5.74) is 6.03. The quantitative estimate of drug-likeness (QED) is 0.702. The van der Waals surface area contributed by atoms with E-state index >= 15 is 0 Å². The Morgan fingerprint density at radius 3 is 2.62 bits per heavy atom. The van der Waals surface area contributed by atoms with E-state index < -0.39 is 12.1 Å². The van der Waals surface area contributed by atoms with Crippen LogP contribution in [0.5, 0.6) is 0 Å². The van der Waals surface area contributed by atoms with E-state index in [1.54, 1.807) is 0 Å². The molecule has 116 valence electrons. The first-order chi connectivity index (χ1) is 9.88. The minimum Gasteiger partial charge on any atom is -0.356 e. The van der Waals surface area contributed by atoms with Gasteiger partial charge < -0.3 is 16.4 Å². The summed E-state index contributed by atoms with van der Waals surface area (Å²) in [6.45, 7) is 4.84. The van der Waals surface area contributed by atoms with Crippen LogP contribution in [0.4, 0.5) is 4.79 Å². The van der Waals surface area contributed by atoms with Crippen molar-refractivity contribution in [2.75, 3.05) is 6.54 Å². The number of carbonyl (C=O) groups excluding carboxylic acids is 2. The fourth-order valence-corrected chi connectivity index (χ4v) is 2.32. The summed E-state index contributed by atoms with van der Waals surface area (Å²) in [5, 5.41) is 5.47. The zero-order valence-corrected chi connectivity index (χ0v) is 13.9. The lowest BCUT2D eigenvalue weighted by atomic mass is 10.0. The molecule has 0 bridgehead atoms. The molecule has 0 fully saturated rings. The summed E-state index contributed by atoms with van der Waals surface area (Å²) in [6.07, 6.45) is 1.09. The van der Waals surface area contributed by atoms with E-state index in [0.29, 0.717) is 12.5 Å². The van der Waals surface area contributed by atoms with Crippen molar-refractivity contribution in [3.8, 4) is 0 Å². The fourth-order valence-electron chi connectivity index (χ4n) is 1.91. The van der Waals surface area contributed by atoms with Gasteiger partial charge in [0.2, 0.25) is 5.91 Å². The number of carbonyl (C=O) groups is 2. The van der Waals surface area contributed by atoms with Crippen LogP contribution in [-0.2, 0) is 4.79 Å². The van der Waals surface area contributed by atoms with Crippen molar-refractivity contribution in [2.24, 2.45) is 11.7 Å². The zero-order valence-electron chi connectivity index (χ0n) is 12.4. The molecule has 3 amide bonds. The molecular weight excluding hydrogens is 334 g/mol. The summed E-state index contributed by atoms with van der Waals surface area (Å²) in [6, 6.07) is 6.38. The van der Waals surface area contributed by atoms with Crippen LogP contribution in [0.3, 0.4) is 0 Å². The van der Waals surface area contributed by atoms with E-state index in [0.717, 1.165) is 16.5 Å². The van der Waals surface area contributed by atoms with Crippen LogP contribution in [-0.4, -0.2) is 18.5 Å². The van der Waals surface area contributed by atoms with Crippen molar-refractivity contribution < 1.29 is 9.59 Å². The molecule has 1 aromatic carbocycles. The number of nitrogens with two attached hydrogens (primary N) is 1. The summed E-state index contributed by atoms with van der Waals surface area (Å²) in [5.74, 6) is 0.435. The summed E-state index contributed by atoms with van der Waals surface area (Å²) < 4.78 is 0.886. The normalized spacial score (nSPS) is 12.0. The maximum absolute atomic E-state index is 12.0. The van der Waals surface area contributed by atoms with Gasteiger partial charge in [0.25, 0.3) is 0 Å². The molecule has 5 nitrogen and oxygen atoms in total. The van der Waals surface area contributed by atoms with Crippen LogP contribution >= 0.6 is 15.9 Å². The number of benzene rings is 1. The standard InChI is InChI=1S/C15H22BrN3O2/c1-10(2)6-7-18-14(20)9-13(19-15(17)21)11-4-3-5-12(16)8-11/h3-5,8,10,13H,6-7,9H2,1-2H3,(H,18,20)(H3,17,19,21). The number of hydrogen-bond acceptors (Lipinski definition) is 2. The maximum atomic E-state index is 12.0. The minimum absolute atomic E-state index is 0.102. The van der Waals surface area contributed by atoms with Gasteiger partial charge in [0.1, 0.15) is 0 Å². The van der Waals surface area contributed by atoms with Gasteiger partial charge in [0.05, 0.1) is 12.5 Å². The SMILES string of the molecule is CC(C)CCNC(=O)CC(NC(N)=O)c1cccc(Br)c1. The molecule has 0 radical (unpaired) electrons. The van der Waals surface area contributed by atoms with Crippen molar-refractivity contribution in [1.29, 1.82) is 0 Å². The van der Waals surface area contributed by atoms with Gasteiger partial charge in [-0.1, -0.05) is 41.9 Å². The Morgan fingerprint density at radius 2 is 2.05 bits per heavy atom. The molecule has 0 aromatic heterocycles. The molecule has 0 saturated carbocycles. The second kappa shape index (κ2) is 8.67. The highest BCUT2D eigenvalue weighted by Crippen LogP contribution is 2.20. The average Bonchev–Trinajstić information content (AvgIpc) is 2.37. The van der Waals surface area contributed by atoms with E-state index in [-0.39, 0.29) is 12.3 Å². The highest BCUT2D eigenvalue weighted by atomic mass is 79.9. The molecular formula is C15H22BrN3O2. The van der Waals surface area contributed by atoms with Crippen molar-refractivity contribution in [2.45, 2.75) is 32.7 Å². The van der Waals surface area contributed by atoms with E-state index in [9.17, 15) is 9.59 Å². The summed E-state index contributed by atoms with van der Waals surface area (Å²) in [4.78, 5) is 23.1. The van der Waals surface area contributed by atoms with Gasteiger partial charge in [-0.3, -0.25) is 4.79 Å². The monoisotopic (exact) mass is 355 g/mol. The van der Waals surface area contributed by atoms with Crippen LogP contribution < -0.4 is 16.4 Å². The Hall–Kier alpha value is -1.56. The minimum atomic E-state index is -0.644. The lowest BCUT2D eigenvalue weighted by molar-refractivity contribution is -0.121. The van der Waals surface area contributed by atoms with Gasteiger partial charge in [-0.15, -0.1) is 0 Å². The predicted molar refractivity (Wildman–Crippen MR) is 86.7 cm³/mol. The van der Waals surface area contributed by atoms with Gasteiger partial charge in [-0.25, -0.2) is 4.79 Å². The second-order valence-electron chi connectivity index (χ2n) is 5.35. The lowest BCUT2D eigenvalue weighted by Crippen LogP contribution is -2.37. The number of primary amides is 1. The van der Waals surface area contributed by atoms with Crippen molar-refractivity contribution in [3.05, 3.63) is 34.3 Å². The van der Waals surface area contributed by atoms with Gasteiger partial charge in [0.15, 0.2) is 0 Å². The predicted octanol–water partition coefficient (Wildman–Crippen LogP) is 2.71. The molecule has 1 unspecified atom stereocenters. The summed E-state index contributed by atoms with van der Waals surface area (Å²) >= 11 is 3.38. The third-order valence-electron chi connectivity index (χ3n) is 3.00. The van der Waals surface area contributed by atoms with Crippen molar-refractivity contribution in [3.63, 3.8) is 0 Å². The van der Waals surface area contributed by atoms with E-state index in [1.165, 1.54) is 0 Å². The molecule has 0 aliphatic rings. The molecule has 4 N–H and O–H groups in total. The highest BCUT2D eigenvalue weighted by Gasteiger charge is 2.17. The van der Waals surface area contributed by atoms with Crippen LogP contribution in [0.25, 0.3) is 0 Å². The highest BCUT2D eigenvalue weighted by molar-refractivity contribution is 9.10. The van der Waals surface area contributed by atoms with Crippen LogP contribution in [0.15, 0.2) is 28.7 Å². The molecule has 21 heavy (non-hydrogen) atoms. The first-order valence-electron chi connectivity index (χ1n) is 6.96. The number of urea groups is 1. The number of rotatable bonds is 7. The third-order valence-corrected chi connectivity index (χ3v) is 3.49. The Bertz CT molecular complexity index is 492. The van der Waals surface area contributed by atoms with Crippen LogP contribution in [0.1, 0.15) is 38.3 Å². The van der Waals surface area contributed by atoms with Gasteiger partial charge in [-0.2, -0.15) is 0 Å². The Kier molecular flexibility index (Phi) is 7.22. The first kappa shape index (κ1) is 17.5. The summed E-state index contributed by atoms with van der Waals surface area (Å²) in [7, 11) is 0. The Balaban J connectivity index is 2.66. The fraction of sp³-hybridized carbons (Fsp3) is 0.467. The molecule has 0 saturated heterocycles. The van der Waals surface area contributed by atoms with Gasteiger partial charge in [0, 0.05) is 11.0 Å².